The Balaban J connectivity index is 2.00. The van der Waals surface area contributed by atoms with Gasteiger partial charge in [-0.1, -0.05) is 12.1 Å². The van der Waals surface area contributed by atoms with Crippen LogP contribution in [0.25, 0.3) is 0 Å². The number of amides is 1. The van der Waals surface area contributed by atoms with E-state index in [9.17, 15) is 4.79 Å². The quantitative estimate of drug-likeness (QED) is 0.662. The van der Waals surface area contributed by atoms with Gasteiger partial charge in [0.2, 0.25) is 5.95 Å². The molecule has 0 atom stereocenters. The predicted molar refractivity (Wildman–Crippen MR) is 71.0 cm³/mol. The highest BCUT2D eigenvalue weighted by molar-refractivity contribution is 5.64. The summed E-state index contributed by atoms with van der Waals surface area (Å²) in [5, 5.41) is 13.8. The molecule has 7 heteroatoms. The molecule has 0 radical (unpaired) electrons. The lowest BCUT2D eigenvalue weighted by atomic mass is 10.2. The van der Waals surface area contributed by atoms with Crippen molar-refractivity contribution >= 4 is 23.5 Å². The Kier molecular flexibility index (Phi) is 3.77. The van der Waals surface area contributed by atoms with Crippen LogP contribution in [0.15, 0.2) is 36.5 Å². The number of anilines is 3. The summed E-state index contributed by atoms with van der Waals surface area (Å²) in [5.74, 6) is 0.802. The number of nitrogen functional groups attached to an aromatic ring is 1. The van der Waals surface area contributed by atoms with Gasteiger partial charge in [-0.25, -0.2) is 9.78 Å². The summed E-state index contributed by atoms with van der Waals surface area (Å²) >= 11 is 0. The number of carbonyl (C=O) groups is 1. The lowest BCUT2D eigenvalue weighted by Crippen LogP contribution is -2.19. The summed E-state index contributed by atoms with van der Waals surface area (Å²) in [6, 6.07) is 8.85. The van der Waals surface area contributed by atoms with E-state index in [2.05, 4.69) is 20.6 Å². The first kappa shape index (κ1) is 12.6. The third-order valence-corrected chi connectivity index (χ3v) is 2.33. The topological polar surface area (TPSA) is 113 Å². The Morgan fingerprint density at radius 1 is 1.26 bits per heavy atom. The first-order chi connectivity index (χ1) is 9.13. The fourth-order valence-corrected chi connectivity index (χ4v) is 1.45. The van der Waals surface area contributed by atoms with Crippen LogP contribution in [0.5, 0.6) is 0 Å². The van der Waals surface area contributed by atoms with Gasteiger partial charge < -0.3 is 21.5 Å². The maximum Gasteiger partial charge on any atom is 0.404 e. The summed E-state index contributed by atoms with van der Waals surface area (Å²) in [4.78, 5) is 18.4. The molecule has 2 rings (SSSR count). The number of nitrogens with one attached hydrogen (secondary N) is 2. The van der Waals surface area contributed by atoms with E-state index in [-0.39, 0.29) is 6.54 Å². The molecule has 0 aliphatic rings. The van der Waals surface area contributed by atoms with E-state index in [1.165, 1.54) is 0 Å². The Morgan fingerprint density at radius 2 is 2.00 bits per heavy atom. The molecule has 0 bridgehead atoms. The molecule has 19 heavy (non-hydrogen) atoms. The molecule has 0 saturated carbocycles. The van der Waals surface area contributed by atoms with Gasteiger partial charge in [0.05, 0.1) is 0 Å². The van der Waals surface area contributed by atoms with Crippen molar-refractivity contribution < 1.29 is 9.90 Å². The second-order valence-electron chi connectivity index (χ2n) is 3.79. The number of hydrogen-bond donors (Lipinski definition) is 4. The van der Waals surface area contributed by atoms with Gasteiger partial charge in [0.25, 0.3) is 0 Å². The van der Waals surface area contributed by atoms with Gasteiger partial charge in [0.15, 0.2) is 0 Å². The fraction of sp³-hybridized carbons (Fsp3) is 0.0833. The van der Waals surface area contributed by atoms with Gasteiger partial charge in [0.1, 0.15) is 5.82 Å². The molecule has 0 fully saturated rings. The molecule has 0 aliphatic carbocycles. The van der Waals surface area contributed by atoms with Crippen molar-refractivity contribution in [3.05, 3.63) is 42.1 Å². The zero-order chi connectivity index (χ0) is 13.7. The Bertz CT molecular complexity index is 571. The first-order valence-corrected chi connectivity index (χ1v) is 5.55. The molecule has 1 amide bonds. The number of nitrogens with zero attached hydrogens (tertiary/aromatic N) is 2. The van der Waals surface area contributed by atoms with Crippen molar-refractivity contribution in [1.82, 2.24) is 15.3 Å². The molecule has 98 valence electrons. The van der Waals surface area contributed by atoms with Gasteiger partial charge in [0, 0.05) is 18.4 Å². The summed E-state index contributed by atoms with van der Waals surface area (Å²) in [6.45, 7) is 0.268. The van der Waals surface area contributed by atoms with Gasteiger partial charge in [-0.05, 0) is 23.8 Å². The average molecular weight is 259 g/mol. The molecular weight excluding hydrogens is 246 g/mol. The largest absolute Gasteiger partial charge is 0.465 e. The maximum atomic E-state index is 10.4. The van der Waals surface area contributed by atoms with E-state index in [0.717, 1.165) is 11.3 Å². The van der Waals surface area contributed by atoms with Crippen LogP contribution in [-0.2, 0) is 6.54 Å². The van der Waals surface area contributed by atoms with Crippen molar-refractivity contribution in [3.8, 4) is 0 Å². The normalized spacial score (nSPS) is 9.89. The highest BCUT2D eigenvalue weighted by Crippen LogP contribution is 2.14. The van der Waals surface area contributed by atoms with Crippen molar-refractivity contribution in [3.63, 3.8) is 0 Å². The minimum absolute atomic E-state index is 0.268. The molecule has 0 spiro atoms. The maximum absolute atomic E-state index is 10.4. The first-order valence-electron chi connectivity index (χ1n) is 5.55. The van der Waals surface area contributed by atoms with Crippen LogP contribution in [0, 0.1) is 0 Å². The number of rotatable bonds is 4. The van der Waals surface area contributed by atoms with E-state index >= 15 is 0 Å². The van der Waals surface area contributed by atoms with E-state index in [1.807, 2.05) is 24.3 Å². The molecular formula is C12H13N5O2. The van der Waals surface area contributed by atoms with Crippen LogP contribution >= 0.6 is 0 Å². The standard InChI is InChI=1S/C12H13N5O2/c13-10-5-6-14-11(17-10)16-9-3-1-8(2-4-9)7-15-12(18)19/h1-6,15H,7H2,(H,18,19)(H3,13,14,16,17). The summed E-state index contributed by atoms with van der Waals surface area (Å²) in [5.41, 5.74) is 7.21. The van der Waals surface area contributed by atoms with E-state index in [1.54, 1.807) is 12.3 Å². The second kappa shape index (κ2) is 5.67. The van der Waals surface area contributed by atoms with E-state index in [0.29, 0.717) is 11.8 Å². The molecule has 0 unspecified atom stereocenters. The second-order valence-corrected chi connectivity index (χ2v) is 3.79. The van der Waals surface area contributed by atoms with Crippen LogP contribution in [0.3, 0.4) is 0 Å². The monoisotopic (exact) mass is 259 g/mol. The van der Waals surface area contributed by atoms with E-state index < -0.39 is 6.09 Å². The van der Waals surface area contributed by atoms with Crippen LogP contribution in [0.1, 0.15) is 5.56 Å². The number of benzene rings is 1. The molecule has 1 aromatic carbocycles. The highest BCUT2D eigenvalue weighted by atomic mass is 16.4. The highest BCUT2D eigenvalue weighted by Gasteiger charge is 2.00. The lowest BCUT2D eigenvalue weighted by molar-refractivity contribution is 0.194. The number of nitrogens with two attached hydrogens (primary N) is 1. The molecule has 0 aliphatic heterocycles. The number of hydrogen-bond acceptors (Lipinski definition) is 5. The van der Waals surface area contributed by atoms with Gasteiger partial charge in [-0.3, -0.25) is 0 Å². The zero-order valence-corrected chi connectivity index (χ0v) is 10.00. The number of carboxylic acid groups (broad SMARTS) is 1. The van der Waals surface area contributed by atoms with Gasteiger partial charge in [-0.15, -0.1) is 0 Å². The minimum Gasteiger partial charge on any atom is -0.465 e. The van der Waals surface area contributed by atoms with Gasteiger partial charge in [-0.2, -0.15) is 4.98 Å². The van der Waals surface area contributed by atoms with Crippen molar-refractivity contribution in [2.75, 3.05) is 11.1 Å². The smallest absolute Gasteiger partial charge is 0.404 e. The molecule has 5 N–H and O–H groups in total. The van der Waals surface area contributed by atoms with Gasteiger partial charge >= 0.3 is 6.09 Å². The van der Waals surface area contributed by atoms with Crippen LogP contribution < -0.4 is 16.4 Å². The van der Waals surface area contributed by atoms with E-state index in [4.69, 9.17) is 10.8 Å². The molecule has 2 aromatic rings. The molecule has 7 nitrogen and oxygen atoms in total. The Morgan fingerprint density at radius 3 is 2.63 bits per heavy atom. The SMILES string of the molecule is Nc1ccnc(Nc2ccc(CNC(=O)O)cc2)n1. The number of aromatic nitrogens is 2. The third kappa shape index (κ3) is 3.84. The Hall–Kier alpha value is -2.83. The van der Waals surface area contributed by atoms with Crippen LogP contribution in [0.2, 0.25) is 0 Å². The summed E-state index contributed by atoms with van der Waals surface area (Å²) < 4.78 is 0. The summed E-state index contributed by atoms with van der Waals surface area (Å²) in [7, 11) is 0. The summed E-state index contributed by atoms with van der Waals surface area (Å²) in [6.07, 6.45) is 0.519. The average Bonchev–Trinajstić information content (AvgIpc) is 2.38. The zero-order valence-electron chi connectivity index (χ0n) is 10.00. The molecule has 0 saturated heterocycles. The minimum atomic E-state index is -1.05. The van der Waals surface area contributed by atoms with Crippen molar-refractivity contribution in [2.24, 2.45) is 0 Å². The van der Waals surface area contributed by atoms with Crippen molar-refractivity contribution in [2.45, 2.75) is 6.54 Å². The lowest BCUT2D eigenvalue weighted by Gasteiger charge is -2.06. The Labute approximate surface area is 109 Å². The van der Waals surface area contributed by atoms with Crippen LogP contribution in [-0.4, -0.2) is 21.2 Å². The third-order valence-electron chi connectivity index (χ3n) is 2.33. The van der Waals surface area contributed by atoms with Crippen molar-refractivity contribution in [1.29, 1.82) is 0 Å². The van der Waals surface area contributed by atoms with Crippen LogP contribution in [0.4, 0.5) is 22.2 Å². The predicted octanol–water partition coefficient (Wildman–Crippen LogP) is 1.57. The molecule has 1 aromatic heterocycles. The molecule has 1 heterocycles. The fourth-order valence-electron chi connectivity index (χ4n) is 1.45.